The van der Waals surface area contributed by atoms with Crippen LogP contribution in [-0.2, 0) is 6.42 Å². The molecule has 0 aliphatic carbocycles. The van der Waals surface area contributed by atoms with Crippen LogP contribution in [0.5, 0.6) is 11.5 Å². The second kappa shape index (κ2) is 8.23. The predicted octanol–water partition coefficient (Wildman–Crippen LogP) is 5.79. The van der Waals surface area contributed by atoms with Gasteiger partial charge in [-0.25, -0.2) is 4.98 Å². The van der Waals surface area contributed by atoms with Crippen LogP contribution in [0.3, 0.4) is 0 Å². The first-order valence-electron chi connectivity index (χ1n) is 9.71. The first kappa shape index (κ1) is 18.8. The van der Waals surface area contributed by atoms with Crippen molar-refractivity contribution in [1.29, 1.82) is 0 Å². The van der Waals surface area contributed by atoms with Crippen molar-refractivity contribution in [1.82, 2.24) is 9.55 Å². The summed E-state index contributed by atoms with van der Waals surface area (Å²) in [5, 5.41) is 0. The molecule has 0 radical (unpaired) electrons. The summed E-state index contributed by atoms with van der Waals surface area (Å²) in [5.74, 6) is 2.59. The van der Waals surface area contributed by atoms with Crippen molar-refractivity contribution in [3.63, 3.8) is 0 Å². The van der Waals surface area contributed by atoms with Crippen molar-refractivity contribution < 1.29 is 9.47 Å². The van der Waals surface area contributed by atoms with Gasteiger partial charge in [0.25, 0.3) is 0 Å². The minimum atomic E-state index is 0.831. The van der Waals surface area contributed by atoms with Crippen LogP contribution in [0, 0.1) is 0 Å². The standard InChI is InChI=1S/C25H24N2O2/c1-4-23-24(18-10-14-21(28-2)15-11-18)26-25(19-12-16-22(29-3)17-13-19)27(23)20-8-6-5-7-9-20/h5-17H,4H2,1-3H3. The number of benzene rings is 3. The Balaban J connectivity index is 1.93. The Labute approximate surface area is 171 Å². The number of hydrogen-bond donors (Lipinski definition) is 0. The van der Waals surface area contributed by atoms with Crippen molar-refractivity contribution in [2.45, 2.75) is 13.3 Å². The monoisotopic (exact) mass is 384 g/mol. The van der Waals surface area contributed by atoms with E-state index in [1.807, 2.05) is 30.3 Å². The SMILES string of the molecule is CCc1c(-c2ccc(OC)cc2)nc(-c2ccc(OC)cc2)n1-c1ccccc1. The van der Waals surface area contributed by atoms with E-state index in [1.165, 1.54) is 5.69 Å². The predicted molar refractivity (Wildman–Crippen MR) is 117 cm³/mol. The molecule has 4 aromatic rings. The van der Waals surface area contributed by atoms with E-state index >= 15 is 0 Å². The highest BCUT2D eigenvalue weighted by molar-refractivity contribution is 5.71. The van der Waals surface area contributed by atoms with E-state index < -0.39 is 0 Å². The van der Waals surface area contributed by atoms with Crippen LogP contribution in [0.4, 0.5) is 0 Å². The number of para-hydroxylation sites is 1. The van der Waals surface area contributed by atoms with Crippen LogP contribution in [-0.4, -0.2) is 23.8 Å². The largest absolute Gasteiger partial charge is 0.497 e. The number of ether oxygens (including phenoxy) is 2. The van der Waals surface area contributed by atoms with Gasteiger partial charge in [0.2, 0.25) is 0 Å². The number of hydrogen-bond acceptors (Lipinski definition) is 3. The molecule has 0 N–H and O–H groups in total. The zero-order valence-corrected chi connectivity index (χ0v) is 16.9. The van der Waals surface area contributed by atoms with Gasteiger partial charge in [0, 0.05) is 16.8 Å². The molecule has 1 aromatic heterocycles. The van der Waals surface area contributed by atoms with Gasteiger partial charge >= 0.3 is 0 Å². The third-order valence-corrected chi connectivity index (χ3v) is 5.03. The Morgan fingerprint density at radius 3 is 1.79 bits per heavy atom. The summed E-state index contributed by atoms with van der Waals surface area (Å²) in [6.45, 7) is 2.17. The van der Waals surface area contributed by atoms with Crippen molar-refractivity contribution >= 4 is 0 Å². The Morgan fingerprint density at radius 1 is 0.724 bits per heavy atom. The molecule has 4 heteroatoms. The van der Waals surface area contributed by atoms with E-state index in [0.29, 0.717) is 0 Å². The van der Waals surface area contributed by atoms with Gasteiger partial charge in [-0.2, -0.15) is 0 Å². The summed E-state index contributed by atoms with van der Waals surface area (Å²) >= 11 is 0. The molecule has 0 amide bonds. The Hall–Kier alpha value is -3.53. The lowest BCUT2D eigenvalue weighted by molar-refractivity contribution is 0.415. The molecule has 0 bridgehead atoms. The third kappa shape index (κ3) is 3.61. The summed E-state index contributed by atoms with van der Waals surface area (Å²) in [5.41, 5.74) is 5.38. The molecule has 0 atom stereocenters. The maximum atomic E-state index is 5.32. The molecule has 0 aliphatic heterocycles. The second-order valence-corrected chi connectivity index (χ2v) is 6.71. The van der Waals surface area contributed by atoms with Crippen LogP contribution in [0.2, 0.25) is 0 Å². The lowest BCUT2D eigenvalue weighted by Crippen LogP contribution is -2.02. The molecule has 0 unspecified atom stereocenters. The van der Waals surface area contributed by atoms with Gasteiger partial charge in [-0.3, -0.25) is 4.57 Å². The van der Waals surface area contributed by atoms with E-state index in [0.717, 1.165) is 46.3 Å². The molecule has 3 aromatic carbocycles. The lowest BCUT2D eigenvalue weighted by Gasteiger charge is -2.12. The van der Waals surface area contributed by atoms with Gasteiger partial charge in [0.05, 0.1) is 25.6 Å². The molecule has 1 heterocycles. The number of aromatic nitrogens is 2. The molecule has 0 saturated carbocycles. The summed E-state index contributed by atoms with van der Waals surface area (Å²) in [7, 11) is 3.36. The number of methoxy groups -OCH3 is 2. The molecule has 146 valence electrons. The Kier molecular flexibility index (Phi) is 5.34. The van der Waals surface area contributed by atoms with Gasteiger partial charge in [0.15, 0.2) is 0 Å². The van der Waals surface area contributed by atoms with Crippen LogP contribution in [0.15, 0.2) is 78.9 Å². The first-order valence-corrected chi connectivity index (χ1v) is 9.71. The first-order chi connectivity index (χ1) is 14.2. The highest BCUT2D eigenvalue weighted by atomic mass is 16.5. The fourth-order valence-electron chi connectivity index (χ4n) is 3.55. The summed E-state index contributed by atoms with van der Waals surface area (Å²) < 4.78 is 12.9. The number of nitrogens with zero attached hydrogens (tertiary/aromatic N) is 2. The molecule has 0 aliphatic rings. The van der Waals surface area contributed by atoms with E-state index in [4.69, 9.17) is 14.5 Å². The van der Waals surface area contributed by atoms with Crippen LogP contribution >= 0.6 is 0 Å². The maximum Gasteiger partial charge on any atom is 0.145 e. The van der Waals surface area contributed by atoms with Gasteiger partial charge < -0.3 is 9.47 Å². The van der Waals surface area contributed by atoms with Crippen molar-refractivity contribution in [2.75, 3.05) is 14.2 Å². The number of rotatable bonds is 6. The van der Waals surface area contributed by atoms with E-state index in [2.05, 4.69) is 60.0 Å². The fourth-order valence-corrected chi connectivity index (χ4v) is 3.55. The van der Waals surface area contributed by atoms with Gasteiger partial charge in [-0.1, -0.05) is 25.1 Å². The number of imidazole rings is 1. The topological polar surface area (TPSA) is 36.3 Å². The minimum Gasteiger partial charge on any atom is -0.497 e. The molecular formula is C25H24N2O2. The normalized spacial score (nSPS) is 10.7. The van der Waals surface area contributed by atoms with E-state index in [-0.39, 0.29) is 0 Å². The van der Waals surface area contributed by atoms with Crippen molar-refractivity contribution in [2.24, 2.45) is 0 Å². The molecule has 29 heavy (non-hydrogen) atoms. The summed E-state index contributed by atoms with van der Waals surface area (Å²) in [4.78, 5) is 5.09. The quantitative estimate of drug-likeness (QED) is 0.422. The van der Waals surface area contributed by atoms with Crippen molar-refractivity contribution in [3.8, 4) is 39.8 Å². The summed E-state index contributed by atoms with van der Waals surface area (Å²) in [6, 6.07) is 26.5. The lowest BCUT2D eigenvalue weighted by atomic mass is 10.1. The zero-order valence-electron chi connectivity index (χ0n) is 16.9. The molecule has 4 nitrogen and oxygen atoms in total. The minimum absolute atomic E-state index is 0.831. The molecule has 0 saturated heterocycles. The summed E-state index contributed by atoms with van der Waals surface area (Å²) in [6.07, 6.45) is 0.861. The van der Waals surface area contributed by atoms with Gasteiger partial charge in [0.1, 0.15) is 17.3 Å². The van der Waals surface area contributed by atoms with Crippen molar-refractivity contribution in [3.05, 3.63) is 84.6 Å². The molecule has 4 rings (SSSR count). The zero-order chi connectivity index (χ0) is 20.2. The molecular weight excluding hydrogens is 360 g/mol. The average molecular weight is 384 g/mol. The van der Waals surface area contributed by atoms with Crippen LogP contribution < -0.4 is 9.47 Å². The highest BCUT2D eigenvalue weighted by Gasteiger charge is 2.19. The third-order valence-electron chi connectivity index (χ3n) is 5.03. The molecule has 0 spiro atoms. The van der Waals surface area contributed by atoms with Crippen LogP contribution in [0.1, 0.15) is 12.6 Å². The molecule has 0 fully saturated rings. The maximum absolute atomic E-state index is 5.32. The fraction of sp³-hybridized carbons (Fsp3) is 0.160. The smallest absolute Gasteiger partial charge is 0.145 e. The second-order valence-electron chi connectivity index (χ2n) is 6.71. The Bertz CT molecular complexity index is 1080. The van der Waals surface area contributed by atoms with Gasteiger partial charge in [-0.05, 0) is 67.1 Å². The Morgan fingerprint density at radius 2 is 1.28 bits per heavy atom. The van der Waals surface area contributed by atoms with Crippen LogP contribution in [0.25, 0.3) is 28.3 Å². The highest BCUT2D eigenvalue weighted by Crippen LogP contribution is 2.33. The average Bonchev–Trinajstić information content (AvgIpc) is 3.19. The van der Waals surface area contributed by atoms with E-state index in [9.17, 15) is 0 Å². The van der Waals surface area contributed by atoms with E-state index in [1.54, 1.807) is 14.2 Å². The van der Waals surface area contributed by atoms with Gasteiger partial charge in [-0.15, -0.1) is 0 Å².